The van der Waals surface area contributed by atoms with Crippen LogP contribution >= 0.6 is 7.82 Å². The number of rotatable bonds is 7. The molecule has 0 radical (unpaired) electrons. The van der Waals surface area contributed by atoms with Crippen LogP contribution in [0.2, 0.25) is 0 Å². The van der Waals surface area contributed by atoms with Crippen molar-refractivity contribution in [2.75, 3.05) is 0 Å². The fourth-order valence-electron chi connectivity index (χ4n) is 1.03. The van der Waals surface area contributed by atoms with Crippen LogP contribution in [0.5, 0.6) is 0 Å². The summed E-state index contributed by atoms with van der Waals surface area (Å²) < 4.78 is 14.4. The fourth-order valence-corrected chi connectivity index (χ4v) is 1.70. The summed E-state index contributed by atoms with van der Waals surface area (Å²) >= 11 is 0. The predicted octanol–water partition coefficient (Wildman–Crippen LogP) is -6.90. The van der Waals surface area contributed by atoms with Crippen molar-refractivity contribution in [3.8, 4) is 0 Å². The first-order chi connectivity index (χ1) is 7.48. The summed E-state index contributed by atoms with van der Waals surface area (Å²) in [6.45, 7) is 0. The van der Waals surface area contributed by atoms with E-state index in [2.05, 4.69) is 4.52 Å². The molecule has 0 aliphatic carbocycles. The van der Waals surface area contributed by atoms with Crippen molar-refractivity contribution < 1.29 is 132 Å². The summed E-state index contributed by atoms with van der Waals surface area (Å²) in [5.74, 6) is -5.64. The van der Waals surface area contributed by atoms with Crippen LogP contribution in [0.15, 0.2) is 0 Å². The van der Waals surface area contributed by atoms with Crippen molar-refractivity contribution in [2.45, 2.75) is 18.4 Å². The summed E-state index contributed by atoms with van der Waals surface area (Å²) in [7, 11) is -5.36. The van der Waals surface area contributed by atoms with Crippen molar-refractivity contribution in [1.82, 2.24) is 0 Å². The average molecular weight is 336 g/mol. The molecule has 0 heterocycles. The van der Waals surface area contributed by atoms with Crippen molar-refractivity contribution >= 4 is 25.7 Å². The Labute approximate surface area is 174 Å². The molecule has 13 heteroatoms. The molecule has 0 aromatic carbocycles. The van der Waals surface area contributed by atoms with Gasteiger partial charge in [-0.3, -0.25) is 14.1 Å². The maximum absolute atomic E-state index is 10.8. The van der Waals surface area contributed by atoms with Crippen LogP contribution in [0.25, 0.3) is 0 Å². The van der Waals surface area contributed by atoms with Gasteiger partial charge in [0, 0.05) is 0 Å². The summed E-state index contributed by atoms with van der Waals surface area (Å²) in [5.41, 5.74) is -3.02. The minimum absolute atomic E-state index is 0. The van der Waals surface area contributed by atoms with Crippen molar-refractivity contribution in [3.63, 3.8) is 0 Å². The van der Waals surface area contributed by atoms with Gasteiger partial charge in [-0.1, -0.05) is 0 Å². The third-order valence-electron chi connectivity index (χ3n) is 1.56. The number of phosphoric acid groups is 1. The molecular formula is C6H11KNaO10P. The molecule has 0 aromatic heterocycles. The average Bonchev–Trinajstić information content (AvgIpc) is 1.96. The van der Waals surface area contributed by atoms with Crippen LogP contribution < -0.4 is 80.9 Å². The second-order valence-electron chi connectivity index (χ2n) is 3.02. The van der Waals surface area contributed by atoms with E-state index < -0.39 is 44.2 Å². The van der Waals surface area contributed by atoms with Crippen molar-refractivity contribution in [3.05, 3.63) is 0 Å². The summed E-state index contributed by atoms with van der Waals surface area (Å²) in [4.78, 5) is 48.5. The molecule has 0 bridgehead atoms. The minimum atomic E-state index is -5.36. The van der Waals surface area contributed by atoms with Crippen LogP contribution in [0, 0.1) is 0 Å². The molecular weight excluding hydrogens is 325 g/mol. The second-order valence-corrected chi connectivity index (χ2v) is 4.19. The molecule has 0 spiro atoms. The molecule has 0 saturated heterocycles. The Bertz CT molecular complexity index is 385. The molecule has 0 atom stereocenters. The summed E-state index contributed by atoms with van der Waals surface area (Å²) in [6, 6.07) is 0. The predicted molar refractivity (Wildman–Crippen MR) is 50.2 cm³/mol. The third kappa shape index (κ3) is 10.5. The Balaban J connectivity index is -0.000000213. The normalized spacial score (nSPS) is 10.8. The molecule has 0 aromatic rings. The SMILES string of the molecule is O=C(O)CC(CC(=O)O)(OP(=O)(O)O)C(=O)O.[H-].[H-].[K+].[Na+]. The maximum Gasteiger partial charge on any atom is 1.00 e. The molecule has 0 saturated carbocycles. The number of hydrogen-bond donors (Lipinski definition) is 5. The Morgan fingerprint density at radius 2 is 1.37 bits per heavy atom. The summed E-state index contributed by atoms with van der Waals surface area (Å²) in [6.07, 6.45) is -2.81. The Hall–Kier alpha value is 1.16. The molecule has 5 N–H and O–H groups in total. The van der Waals surface area contributed by atoms with Crippen LogP contribution in [-0.4, -0.2) is 48.6 Å². The Kier molecular flexibility index (Phi) is 13.2. The van der Waals surface area contributed by atoms with Gasteiger partial charge in [-0.2, -0.15) is 0 Å². The van der Waals surface area contributed by atoms with E-state index in [0.29, 0.717) is 0 Å². The van der Waals surface area contributed by atoms with Gasteiger partial charge in [0.1, 0.15) is 0 Å². The topological polar surface area (TPSA) is 179 Å². The molecule has 19 heavy (non-hydrogen) atoms. The van der Waals surface area contributed by atoms with E-state index >= 15 is 0 Å². The number of carboxylic acids is 3. The van der Waals surface area contributed by atoms with Gasteiger partial charge < -0.3 is 28.0 Å². The first kappa shape index (κ1) is 25.1. The quantitative estimate of drug-likeness (QED) is 0.221. The van der Waals surface area contributed by atoms with Gasteiger partial charge in [0.15, 0.2) is 5.60 Å². The minimum Gasteiger partial charge on any atom is -1.00 e. The van der Waals surface area contributed by atoms with E-state index in [1.165, 1.54) is 0 Å². The number of carbonyl (C=O) groups is 3. The Morgan fingerprint density at radius 3 is 1.53 bits per heavy atom. The maximum atomic E-state index is 10.8. The van der Waals surface area contributed by atoms with Crippen LogP contribution in [-0.2, 0) is 23.5 Å². The molecule has 0 unspecified atom stereocenters. The monoisotopic (exact) mass is 336 g/mol. The van der Waals surface area contributed by atoms with E-state index in [4.69, 9.17) is 25.1 Å². The van der Waals surface area contributed by atoms with E-state index in [9.17, 15) is 18.9 Å². The first-order valence-electron chi connectivity index (χ1n) is 3.92. The van der Waals surface area contributed by atoms with Crippen LogP contribution in [0.3, 0.4) is 0 Å². The molecule has 10 nitrogen and oxygen atoms in total. The number of carboxylic acid groups (broad SMARTS) is 3. The van der Waals surface area contributed by atoms with Gasteiger partial charge in [-0.25, -0.2) is 9.36 Å². The van der Waals surface area contributed by atoms with Gasteiger partial charge >= 0.3 is 107 Å². The largest absolute Gasteiger partial charge is 1.00 e. The molecule has 102 valence electrons. The number of phosphoric ester groups is 1. The van der Waals surface area contributed by atoms with Gasteiger partial charge in [0.2, 0.25) is 0 Å². The Morgan fingerprint density at radius 1 is 1.05 bits per heavy atom. The van der Waals surface area contributed by atoms with Crippen LogP contribution in [0.4, 0.5) is 0 Å². The van der Waals surface area contributed by atoms with E-state index in [1.807, 2.05) is 0 Å². The molecule has 0 aliphatic rings. The summed E-state index contributed by atoms with van der Waals surface area (Å²) in [5, 5.41) is 25.5. The van der Waals surface area contributed by atoms with Gasteiger partial charge in [-0.05, 0) is 0 Å². The van der Waals surface area contributed by atoms with E-state index in [-0.39, 0.29) is 83.8 Å². The zero-order valence-corrected chi connectivity index (χ0v) is 16.2. The zero-order chi connectivity index (χ0) is 13.9. The number of aliphatic carboxylic acids is 3. The van der Waals surface area contributed by atoms with Gasteiger partial charge in [0.05, 0.1) is 12.8 Å². The standard InChI is InChI=1S/C6H9O10P.K.Na.2H/c7-3(8)1-6(5(11)12,2-4(9)10)16-17(13,14)15;;;;/h1-2H2,(H,7,8)(H,9,10)(H,11,12)(H2,13,14,15);;;;/q;2*+1;2*-1. The van der Waals surface area contributed by atoms with E-state index in [0.717, 1.165) is 0 Å². The van der Waals surface area contributed by atoms with Gasteiger partial charge in [-0.15, -0.1) is 0 Å². The van der Waals surface area contributed by atoms with Crippen molar-refractivity contribution in [2.24, 2.45) is 0 Å². The van der Waals surface area contributed by atoms with Crippen LogP contribution in [0.1, 0.15) is 15.7 Å². The second kappa shape index (κ2) is 9.98. The van der Waals surface area contributed by atoms with E-state index in [1.54, 1.807) is 0 Å². The van der Waals surface area contributed by atoms with Crippen molar-refractivity contribution in [1.29, 1.82) is 0 Å². The first-order valence-corrected chi connectivity index (χ1v) is 5.45. The molecule has 0 fully saturated rings. The molecule has 0 rings (SSSR count). The molecule has 0 aliphatic heterocycles. The smallest absolute Gasteiger partial charge is 1.00 e. The fraction of sp³-hybridized carbons (Fsp3) is 0.500. The zero-order valence-electron chi connectivity index (χ0n) is 12.1. The van der Waals surface area contributed by atoms with Gasteiger partial charge in [0.25, 0.3) is 0 Å². The number of hydrogen-bond acceptors (Lipinski definition) is 5. The molecule has 0 amide bonds. The third-order valence-corrected chi connectivity index (χ3v) is 2.14.